The van der Waals surface area contributed by atoms with E-state index in [9.17, 15) is 14.7 Å². The van der Waals surface area contributed by atoms with Gasteiger partial charge in [0.2, 0.25) is 0 Å². The highest BCUT2D eigenvalue weighted by atomic mass is 32.1. The molecule has 1 unspecified atom stereocenters. The first-order chi connectivity index (χ1) is 19.5. The number of fused-ring (bicyclic) bond motifs is 1. The van der Waals surface area contributed by atoms with E-state index in [1.54, 1.807) is 36.4 Å². The number of carbonyl (C=O) groups excluding carboxylic acids is 2. The lowest BCUT2D eigenvalue weighted by Crippen LogP contribution is -2.29. The van der Waals surface area contributed by atoms with Gasteiger partial charge in [0, 0.05) is 18.0 Å². The van der Waals surface area contributed by atoms with Gasteiger partial charge in [-0.15, -0.1) is 0 Å². The summed E-state index contributed by atoms with van der Waals surface area (Å²) in [4.78, 5) is 37.1. The summed E-state index contributed by atoms with van der Waals surface area (Å²) >= 11 is 1.27. The van der Waals surface area contributed by atoms with Gasteiger partial charge in [0.25, 0.3) is 5.78 Å². The van der Waals surface area contributed by atoms with Crippen LogP contribution in [-0.2, 0) is 9.59 Å². The molecule has 1 aliphatic heterocycles. The fourth-order valence-electron chi connectivity index (χ4n) is 4.64. The number of anilines is 1. The van der Waals surface area contributed by atoms with Crippen molar-refractivity contribution in [3.63, 3.8) is 0 Å². The average Bonchev–Trinajstić information content (AvgIpc) is 3.51. The van der Waals surface area contributed by atoms with Crippen LogP contribution < -0.4 is 14.4 Å². The lowest BCUT2D eigenvalue weighted by molar-refractivity contribution is -0.132. The monoisotopic (exact) mass is 549 g/mol. The molecular weight excluding hydrogens is 526 g/mol. The van der Waals surface area contributed by atoms with Crippen molar-refractivity contribution in [2.24, 2.45) is 0 Å². The number of amides is 1. The van der Waals surface area contributed by atoms with Crippen LogP contribution in [0.15, 0.2) is 103 Å². The minimum atomic E-state index is -0.945. The Morgan fingerprint density at radius 2 is 1.70 bits per heavy atom. The summed E-state index contributed by atoms with van der Waals surface area (Å²) in [7, 11) is 0. The van der Waals surface area contributed by atoms with Crippen LogP contribution in [0.3, 0.4) is 0 Å². The molecule has 0 radical (unpaired) electrons. The Bertz CT molecular complexity index is 1750. The number of aromatic nitrogens is 2. The number of ether oxygens (including phenoxy) is 2. The van der Waals surface area contributed by atoms with Crippen LogP contribution in [0.25, 0.3) is 16.0 Å². The van der Waals surface area contributed by atoms with Crippen molar-refractivity contribution < 1.29 is 24.2 Å². The maximum absolute atomic E-state index is 13.6. The standard InChI is InChI=1S/C31H23N3O5S/c1-2-38-22-11-12-24-25(18-22)40-31(33-24)34-27(20-7-6-10-23(17-20)39-21-8-4-3-5-9-21)26(29(36)30(34)37)28(35)19-13-15-32-16-14-19/h3-18,27,35H,2H2,1H3. The van der Waals surface area contributed by atoms with E-state index < -0.39 is 17.7 Å². The summed E-state index contributed by atoms with van der Waals surface area (Å²) in [5, 5.41) is 11.7. The van der Waals surface area contributed by atoms with E-state index >= 15 is 0 Å². The van der Waals surface area contributed by atoms with Crippen LogP contribution >= 0.6 is 11.3 Å². The van der Waals surface area contributed by atoms with Gasteiger partial charge in [0.15, 0.2) is 5.13 Å². The molecule has 0 aliphatic carbocycles. The predicted octanol–water partition coefficient (Wildman–Crippen LogP) is 6.51. The van der Waals surface area contributed by atoms with Crippen LogP contribution in [0, 0.1) is 0 Å². The Labute approximate surface area is 233 Å². The van der Waals surface area contributed by atoms with Crippen molar-refractivity contribution in [1.82, 2.24) is 9.97 Å². The molecule has 198 valence electrons. The number of Topliss-reactive ketones (excluding diaryl/α,β-unsaturated/α-hetero) is 1. The number of rotatable bonds is 7. The number of para-hydroxylation sites is 1. The van der Waals surface area contributed by atoms with Gasteiger partial charge in [-0.05, 0) is 67.1 Å². The molecule has 8 nitrogen and oxygen atoms in total. The molecule has 1 N–H and O–H groups in total. The topological polar surface area (TPSA) is 102 Å². The summed E-state index contributed by atoms with van der Waals surface area (Å²) in [6.07, 6.45) is 3.02. The Morgan fingerprint density at radius 3 is 2.48 bits per heavy atom. The van der Waals surface area contributed by atoms with Crippen molar-refractivity contribution in [3.05, 3.63) is 114 Å². The third-order valence-electron chi connectivity index (χ3n) is 6.42. The SMILES string of the molecule is CCOc1ccc2nc(N3C(=O)C(=O)C(=C(O)c4ccncc4)C3c3cccc(Oc4ccccc4)c3)sc2c1. The molecule has 1 amide bonds. The summed E-state index contributed by atoms with van der Waals surface area (Å²) in [5.74, 6) is -0.0257. The molecule has 0 bridgehead atoms. The predicted molar refractivity (Wildman–Crippen MR) is 153 cm³/mol. The van der Waals surface area contributed by atoms with Gasteiger partial charge in [0.05, 0.1) is 28.4 Å². The van der Waals surface area contributed by atoms with E-state index in [0.717, 1.165) is 4.70 Å². The van der Waals surface area contributed by atoms with Crippen LogP contribution in [0.4, 0.5) is 5.13 Å². The van der Waals surface area contributed by atoms with Gasteiger partial charge in [-0.25, -0.2) is 4.98 Å². The average molecular weight is 550 g/mol. The molecule has 1 atom stereocenters. The van der Waals surface area contributed by atoms with Crippen molar-refractivity contribution in [2.45, 2.75) is 13.0 Å². The third-order valence-corrected chi connectivity index (χ3v) is 7.43. The highest BCUT2D eigenvalue weighted by Gasteiger charge is 2.48. The molecule has 6 rings (SSSR count). The molecule has 2 aromatic heterocycles. The summed E-state index contributed by atoms with van der Waals surface area (Å²) < 4.78 is 12.5. The number of aliphatic hydroxyl groups is 1. The number of carbonyl (C=O) groups is 2. The number of thiazole rings is 1. The first-order valence-corrected chi connectivity index (χ1v) is 13.4. The first kappa shape index (κ1) is 25.3. The lowest BCUT2D eigenvalue weighted by Gasteiger charge is -2.23. The quantitative estimate of drug-likeness (QED) is 0.140. The summed E-state index contributed by atoms with van der Waals surface area (Å²) in [6.45, 7) is 2.42. The zero-order chi connectivity index (χ0) is 27.6. The molecule has 3 aromatic carbocycles. The minimum absolute atomic E-state index is 0.0395. The number of ketones is 1. The Balaban J connectivity index is 1.50. The molecule has 5 aromatic rings. The van der Waals surface area contributed by atoms with E-state index in [0.29, 0.717) is 45.6 Å². The Morgan fingerprint density at radius 1 is 0.925 bits per heavy atom. The van der Waals surface area contributed by atoms with Crippen LogP contribution in [0.2, 0.25) is 0 Å². The number of pyridine rings is 1. The molecule has 9 heteroatoms. The van der Waals surface area contributed by atoms with Crippen molar-refractivity contribution in [3.8, 4) is 17.2 Å². The zero-order valence-corrected chi connectivity index (χ0v) is 22.2. The largest absolute Gasteiger partial charge is 0.507 e. The maximum atomic E-state index is 13.6. The van der Waals surface area contributed by atoms with Gasteiger partial charge in [0.1, 0.15) is 23.0 Å². The number of aliphatic hydroxyl groups excluding tert-OH is 1. The van der Waals surface area contributed by atoms with E-state index in [4.69, 9.17) is 9.47 Å². The third kappa shape index (κ3) is 4.67. The van der Waals surface area contributed by atoms with E-state index in [-0.39, 0.29) is 11.3 Å². The first-order valence-electron chi connectivity index (χ1n) is 12.6. The van der Waals surface area contributed by atoms with Gasteiger partial charge in [-0.2, -0.15) is 0 Å². The van der Waals surface area contributed by atoms with Crippen LogP contribution in [-0.4, -0.2) is 33.4 Å². The lowest BCUT2D eigenvalue weighted by atomic mass is 9.95. The second-order valence-electron chi connectivity index (χ2n) is 8.95. The number of hydrogen-bond donors (Lipinski definition) is 1. The van der Waals surface area contributed by atoms with E-state index in [2.05, 4.69) is 9.97 Å². The minimum Gasteiger partial charge on any atom is -0.507 e. The molecular formula is C31H23N3O5S. The molecule has 0 spiro atoms. The van der Waals surface area contributed by atoms with Crippen LogP contribution in [0.1, 0.15) is 24.1 Å². The fourth-order valence-corrected chi connectivity index (χ4v) is 5.66. The highest BCUT2D eigenvalue weighted by Crippen LogP contribution is 2.45. The molecule has 1 saturated heterocycles. The normalized spacial score (nSPS) is 16.4. The second-order valence-corrected chi connectivity index (χ2v) is 9.96. The summed E-state index contributed by atoms with van der Waals surface area (Å²) in [5.41, 5.74) is 1.58. The van der Waals surface area contributed by atoms with E-state index in [1.807, 2.05) is 55.5 Å². The smallest absolute Gasteiger partial charge is 0.301 e. The fraction of sp³-hybridized carbons (Fsp3) is 0.0968. The van der Waals surface area contributed by atoms with E-state index in [1.165, 1.54) is 28.6 Å². The Kier molecular flexibility index (Phi) is 6.71. The molecule has 40 heavy (non-hydrogen) atoms. The molecule has 1 aliphatic rings. The second kappa shape index (κ2) is 10.6. The molecule has 1 fully saturated rings. The molecule has 3 heterocycles. The number of nitrogens with zero attached hydrogens (tertiary/aromatic N) is 3. The van der Waals surface area contributed by atoms with Gasteiger partial charge in [-0.3, -0.25) is 19.5 Å². The van der Waals surface area contributed by atoms with Gasteiger partial charge >= 0.3 is 5.91 Å². The van der Waals surface area contributed by atoms with Crippen molar-refractivity contribution >= 4 is 44.1 Å². The van der Waals surface area contributed by atoms with Crippen molar-refractivity contribution in [1.29, 1.82) is 0 Å². The number of benzene rings is 3. The van der Waals surface area contributed by atoms with Gasteiger partial charge < -0.3 is 14.6 Å². The zero-order valence-electron chi connectivity index (χ0n) is 21.4. The maximum Gasteiger partial charge on any atom is 0.301 e. The summed E-state index contributed by atoms with van der Waals surface area (Å²) in [6, 6.07) is 24.1. The van der Waals surface area contributed by atoms with Gasteiger partial charge in [-0.1, -0.05) is 41.7 Å². The Hall–Kier alpha value is -5.02. The highest BCUT2D eigenvalue weighted by molar-refractivity contribution is 7.22. The molecule has 0 saturated carbocycles. The van der Waals surface area contributed by atoms with Crippen molar-refractivity contribution in [2.75, 3.05) is 11.5 Å². The van der Waals surface area contributed by atoms with Crippen LogP contribution in [0.5, 0.6) is 17.2 Å². The number of hydrogen-bond acceptors (Lipinski definition) is 8.